The first-order valence-electron chi connectivity index (χ1n) is 10.7. The Morgan fingerprint density at radius 2 is 1.73 bits per heavy atom. The summed E-state index contributed by atoms with van der Waals surface area (Å²) < 4.78 is 33.3. The monoisotopic (exact) mass is 486 g/mol. The highest BCUT2D eigenvalue weighted by Gasteiger charge is 2.27. The molecule has 0 unspecified atom stereocenters. The third kappa shape index (κ3) is 6.73. The summed E-state index contributed by atoms with van der Waals surface area (Å²) in [6, 6.07) is 22.3. The van der Waals surface area contributed by atoms with Crippen molar-refractivity contribution in [3.05, 3.63) is 89.4 Å². The van der Waals surface area contributed by atoms with Crippen molar-refractivity contribution in [3.8, 4) is 5.75 Å². The van der Waals surface area contributed by atoms with Crippen molar-refractivity contribution in [2.24, 2.45) is 0 Å². The predicted molar refractivity (Wildman–Crippen MR) is 131 cm³/mol. The van der Waals surface area contributed by atoms with Gasteiger partial charge in [-0.1, -0.05) is 54.1 Å². The lowest BCUT2D eigenvalue weighted by molar-refractivity contribution is -0.119. The van der Waals surface area contributed by atoms with E-state index in [9.17, 15) is 13.2 Å². The van der Waals surface area contributed by atoms with E-state index in [1.165, 1.54) is 18.2 Å². The van der Waals surface area contributed by atoms with E-state index in [2.05, 4.69) is 5.32 Å². The number of aryl methyl sites for hydroxylation is 1. The summed E-state index contributed by atoms with van der Waals surface area (Å²) >= 11 is 6.09. The summed E-state index contributed by atoms with van der Waals surface area (Å²) in [6.07, 6.45) is 1.43. The number of ether oxygens (including phenoxy) is 1. The maximum Gasteiger partial charge on any atom is 0.264 e. The number of amides is 1. The van der Waals surface area contributed by atoms with Crippen LogP contribution in [0, 0.1) is 0 Å². The van der Waals surface area contributed by atoms with Gasteiger partial charge in [0.05, 0.1) is 17.2 Å². The average molecular weight is 487 g/mol. The third-order valence-corrected chi connectivity index (χ3v) is 6.96. The van der Waals surface area contributed by atoms with Crippen LogP contribution in [0.1, 0.15) is 18.9 Å². The lowest BCUT2D eigenvalue weighted by atomic mass is 10.1. The van der Waals surface area contributed by atoms with Crippen LogP contribution in [-0.4, -0.2) is 34.0 Å². The average Bonchev–Trinajstić information content (AvgIpc) is 2.82. The molecule has 3 rings (SSSR count). The van der Waals surface area contributed by atoms with Crippen LogP contribution in [0.4, 0.5) is 5.69 Å². The number of rotatable bonds is 11. The minimum Gasteiger partial charge on any atom is -0.494 e. The molecule has 1 N–H and O–H groups in total. The SMILES string of the molecule is CCOc1ccccc1CCCNC(=O)CN(c1cccc(Cl)c1)S(=O)(=O)c1ccccc1. The largest absolute Gasteiger partial charge is 0.494 e. The zero-order valence-electron chi connectivity index (χ0n) is 18.4. The third-order valence-electron chi connectivity index (χ3n) is 4.93. The van der Waals surface area contributed by atoms with Crippen LogP contribution < -0.4 is 14.4 Å². The Labute approximate surface area is 200 Å². The van der Waals surface area contributed by atoms with Gasteiger partial charge in [0.25, 0.3) is 10.0 Å². The number of nitrogens with zero attached hydrogens (tertiary/aromatic N) is 1. The molecule has 3 aromatic carbocycles. The number of hydrogen-bond donors (Lipinski definition) is 1. The number of halogens is 1. The number of carbonyl (C=O) groups is 1. The minimum absolute atomic E-state index is 0.102. The Morgan fingerprint density at radius 1 is 1.00 bits per heavy atom. The number of hydrogen-bond acceptors (Lipinski definition) is 4. The Morgan fingerprint density at radius 3 is 2.45 bits per heavy atom. The maximum absolute atomic E-state index is 13.3. The molecule has 0 saturated heterocycles. The second-order valence-corrected chi connectivity index (χ2v) is 9.60. The number of benzene rings is 3. The van der Waals surface area contributed by atoms with Crippen LogP contribution in [0.3, 0.4) is 0 Å². The fourth-order valence-electron chi connectivity index (χ4n) is 3.37. The van der Waals surface area contributed by atoms with Crippen molar-refractivity contribution in [1.82, 2.24) is 5.32 Å². The van der Waals surface area contributed by atoms with Gasteiger partial charge < -0.3 is 10.1 Å². The molecule has 0 aliphatic heterocycles. The van der Waals surface area contributed by atoms with Gasteiger partial charge in [-0.2, -0.15) is 0 Å². The number of anilines is 1. The lowest BCUT2D eigenvalue weighted by Crippen LogP contribution is -2.41. The van der Waals surface area contributed by atoms with E-state index in [0.717, 1.165) is 22.0 Å². The molecule has 174 valence electrons. The molecule has 0 radical (unpaired) electrons. The van der Waals surface area contributed by atoms with Gasteiger partial charge >= 0.3 is 0 Å². The Balaban J connectivity index is 1.67. The molecule has 0 heterocycles. The zero-order chi connectivity index (χ0) is 23.7. The summed E-state index contributed by atoms with van der Waals surface area (Å²) in [4.78, 5) is 12.8. The highest BCUT2D eigenvalue weighted by Crippen LogP contribution is 2.26. The zero-order valence-corrected chi connectivity index (χ0v) is 20.0. The highest BCUT2D eigenvalue weighted by atomic mass is 35.5. The Hall–Kier alpha value is -3.03. The summed E-state index contributed by atoms with van der Waals surface area (Å²) in [6.45, 7) is 2.58. The van der Waals surface area contributed by atoms with Gasteiger partial charge in [-0.05, 0) is 61.7 Å². The lowest BCUT2D eigenvalue weighted by Gasteiger charge is -2.24. The number of para-hydroxylation sites is 1. The molecular weight excluding hydrogens is 460 g/mol. The van der Waals surface area contributed by atoms with Gasteiger partial charge in [0.2, 0.25) is 5.91 Å². The molecule has 1 amide bonds. The first-order valence-corrected chi connectivity index (χ1v) is 12.5. The first kappa shape index (κ1) is 24.6. The van der Waals surface area contributed by atoms with Crippen LogP contribution >= 0.6 is 11.6 Å². The van der Waals surface area contributed by atoms with E-state index < -0.39 is 15.9 Å². The highest BCUT2D eigenvalue weighted by molar-refractivity contribution is 7.92. The molecule has 0 saturated carbocycles. The van der Waals surface area contributed by atoms with Gasteiger partial charge in [0, 0.05) is 11.6 Å². The molecule has 6 nitrogen and oxygen atoms in total. The molecule has 0 spiro atoms. The minimum atomic E-state index is -3.95. The standard InChI is InChI=1S/C25H27ClN2O4S/c1-2-32-24-16-7-6-10-20(24)11-9-17-27-25(29)19-28(22-13-8-12-21(26)18-22)33(30,31)23-14-4-3-5-15-23/h3-8,10,12-16,18H,2,9,11,17,19H2,1H3,(H,27,29). The normalized spacial score (nSPS) is 11.1. The topological polar surface area (TPSA) is 75.7 Å². The summed E-state index contributed by atoms with van der Waals surface area (Å²) in [7, 11) is -3.95. The fraction of sp³-hybridized carbons (Fsp3) is 0.240. The smallest absolute Gasteiger partial charge is 0.264 e. The van der Waals surface area contributed by atoms with Crippen LogP contribution in [0.25, 0.3) is 0 Å². The quantitative estimate of drug-likeness (QED) is 0.399. The molecule has 3 aromatic rings. The van der Waals surface area contributed by atoms with Crippen LogP contribution in [0.2, 0.25) is 5.02 Å². The summed E-state index contributed by atoms with van der Waals surface area (Å²) in [5.74, 6) is 0.444. The van der Waals surface area contributed by atoms with E-state index in [1.54, 1.807) is 36.4 Å². The van der Waals surface area contributed by atoms with E-state index >= 15 is 0 Å². The van der Waals surface area contributed by atoms with E-state index in [0.29, 0.717) is 30.3 Å². The molecule has 0 aliphatic rings. The molecule has 0 bridgehead atoms. The van der Waals surface area contributed by atoms with Gasteiger partial charge in [0.15, 0.2) is 0 Å². The fourth-order valence-corrected chi connectivity index (χ4v) is 4.98. The van der Waals surface area contributed by atoms with Crippen molar-refractivity contribution in [2.45, 2.75) is 24.7 Å². The maximum atomic E-state index is 13.3. The molecule has 0 fully saturated rings. The second-order valence-electron chi connectivity index (χ2n) is 7.30. The van der Waals surface area contributed by atoms with Gasteiger partial charge in [-0.15, -0.1) is 0 Å². The summed E-state index contributed by atoms with van der Waals surface area (Å²) in [5, 5.41) is 3.21. The molecular formula is C25H27ClN2O4S. The van der Waals surface area contributed by atoms with E-state index in [1.807, 2.05) is 31.2 Å². The van der Waals surface area contributed by atoms with Crippen LogP contribution in [-0.2, 0) is 21.2 Å². The molecule has 0 aliphatic carbocycles. The number of nitrogens with one attached hydrogen (secondary N) is 1. The van der Waals surface area contributed by atoms with E-state index in [-0.39, 0.29) is 11.4 Å². The predicted octanol–water partition coefficient (Wildman–Crippen LogP) is 4.68. The van der Waals surface area contributed by atoms with Crippen LogP contribution in [0.5, 0.6) is 5.75 Å². The van der Waals surface area contributed by atoms with Gasteiger partial charge in [-0.3, -0.25) is 9.10 Å². The Kier molecular flexibility index (Phi) is 8.74. The van der Waals surface area contributed by atoms with E-state index in [4.69, 9.17) is 16.3 Å². The molecule has 33 heavy (non-hydrogen) atoms. The molecule has 0 aromatic heterocycles. The summed E-state index contributed by atoms with van der Waals surface area (Å²) in [5.41, 5.74) is 1.40. The van der Waals surface area contributed by atoms with Crippen molar-refractivity contribution in [2.75, 3.05) is 24.0 Å². The van der Waals surface area contributed by atoms with Crippen molar-refractivity contribution < 1.29 is 17.9 Å². The van der Waals surface area contributed by atoms with Crippen molar-refractivity contribution in [1.29, 1.82) is 0 Å². The van der Waals surface area contributed by atoms with Gasteiger partial charge in [0.1, 0.15) is 12.3 Å². The molecule has 8 heteroatoms. The van der Waals surface area contributed by atoms with Crippen molar-refractivity contribution >= 4 is 33.2 Å². The first-order chi connectivity index (χ1) is 15.9. The number of carbonyl (C=O) groups excluding carboxylic acids is 1. The van der Waals surface area contributed by atoms with Crippen molar-refractivity contribution in [3.63, 3.8) is 0 Å². The molecule has 0 atom stereocenters. The number of sulfonamides is 1. The second kappa shape index (κ2) is 11.7. The Bertz CT molecular complexity index is 1170. The van der Waals surface area contributed by atoms with Crippen LogP contribution in [0.15, 0.2) is 83.8 Å². The van der Waals surface area contributed by atoms with Gasteiger partial charge in [-0.25, -0.2) is 8.42 Å².